The van der Waals surface area contributed by atoms with Crippen molar-refractivity contribution in [3.63, 3.8) is 0 Å². The van der Waals surface area contributed by atoms with Crippen molar-refractivity contribution < 1.29 is 36.2 Å². The standard InChI is InChI=1S/C19H13F5N2O3/c1-9-5-13-12(16(28-10(2)27)7-14(26-13)18(20)21)6-15(9)29-17-4-3-11(8-25-17)19(22,23)24/h3-8,18H,1-2H3. The number of benzene rings is 1. The van der Waals surface area contributed by atoms with Crippen LogP contribution in [0.3, 0.4) is 0 Å². The number of nitrogens with zero attached hydrogens (tertiary/aromatic N) is 2. The number of alkyl halides is 5. The molecule has 0 aliphatic rings. The number of pyridine rings is 2. The van der Waals surface area contributed by atoms with Gasteiger partial charge in [-0.1, -0.05) is 0 Å². The Balaban J connectivity index is 2.03. The minimum absolute atomic E-state index is 0.105. The van der Waals surface area contributed by atoms with Gasteiger partial charge in [0.1, 0.15) is 17.2 Å². The summed E-state index contributed by atoms with van der Waals surface area (Å²) in [5.41, 5.74) is -0.886. The molecule has 152 valence electrons. The topological polar surface area (TPSA) is 61.3 Å². The van der Waals surface area contributed by atoms with Crippen LogP contribution in [0.5, 0.6) is 17.4 Å². The number of halogens is 5. The van der Waals surface area contributed by atoms with Crippen LogP contribution < -0.4 is 9.47 Å². The first-order chi connectivity index (χ1) is 13.5. The summed E-state index contributed by atoms with van der Waals surface area (Å²) < 4.78 is 74.6. The first-order valence-corrected chi connectivity index (χ1v) is 8.17. The molecule has 3 rings (SSSR count). The Morgan fingerprint density at radius 1 is 1.10 bits per heavy atom. The van der Waals surface area contributed by atoms with Crippen LogP contribution in [0.1, 0.15) is 30.2 Å². The molecule has 0 radical (unpaired) electrons. The monoisotopic (exact) mass is 412 g/mol. The first kappa shape index (κ1) is 20.4. The van der Waals surface area contributed by atoms with Crippen LogP contribution in [0.25, 0.3) is 10.9 Å². The quantitative estimate of drug-likeness (QED) is 0.412. The number of hydrogen-bond acceptors (Lipinski definition) is 5. The van der Waals surface area contributed by atoms with Crippen LogP contribution in [0.15, 0.2) is 36.5 Å². The van der Waals surface area contributed by atoms with Gasteiger partial charge in [0.25, 0.3) is 6.43 Å². The summed E-state index contributed by atoms with van der Waals surface area (Å²) >= 11 is 0. The Bertz CT molecular complexity index is 1070. The average Bonchev–Trinajstić information content (AvgIpc) is 2.61. The van der Waals surface area contributed by atoms with E-state index in [4.69, 9.17) is 9.47 Å². The zero-order chi connectivity index (χ0) is 21.3. The first-order valence-electron chi connectivity index (χ1n) is 8.17. The van der Waals surface area contributed by atoms with Gasteiger partial charge < -0.3 is 9.47 Å². The number of fused-ring (bicyclic) bond motifs is 1. The number of esters is 1. The number of carbonyl (C=O) groups is 1. The second-order valence-corrected chi connectivity index (χ2v) is 6.06. The van der Waals surface area contributed by atoms with Gasteiger partial charge in [-0.25, -0.2) is 18.7 Å². The molecule has 10 heteroatoms. The van der Waals surface area contributed by atoms with Gasteiger partial charge >= 0.3 is 12.1 Å². The van der Waals surface area contributed by atoms with Crippen LogP contribution in [0.2, 0.25) is 0 Å². The Morgan fingerprint density at radius 3 is 2.38 bits per heavy atom. The molecule has 0 fully saturated rings. The summed E-state index contributed by atoms with van der Waals surface area (Å²) in [6, 6.07) is 5.65. The van der Waals surface area contributed by atoms with Gasteiger partial charge in [-0.05, 0) is 30.7 Å². The van der Waals surface area contributed by atoms with Crippen LogP contribution >= 0.6 is 0 Å². The van der Waals surface area contributed by atoms with Crippen molar-refractivity contribution in [1.82, 2.24) is 9.97 Å². The van der Waals surface area contributed by atoms with E-state index in [1.165, 1.54) is 12.1 Å². The molecule has 0 unspecified atom stereocenters. The van der Waals surface area contributed by atoms with E-state index in [2.05, 4.69) is 9.97 Å². The third-order valence-electron chi connectivity index (χ3n) is 3.84. The maximum Gasteiger partial charge on any atom is 0.417 e. The van der Waals surface area contributed by atoms with Gasteiger partial charge in [0.2, 0.25) is 5.88 Å². The summed E-state index contributed by atoms with van der Waals surface area (Å²) in [7, 11) is 0. The van der Waals surface area contributed by atoms with E-state index in [9.17, 15) is 26.7 Å². The largest absolute Gasteiger partial charge is 0.439 e. The molecule has 0 aliphatic heterocycles. The van der Waals surface area contributed by atoms with Gasteiger partial charge in [0, 0.05) is 30.6 Å². The maximum absolute atomic E-state index is 13.1. The lowest BCUT2D eigenvalue weighted by molar-refractivity contribution is -0.138. The molecule has 0 spiro atoms. The van der Waals surface area contributed by atoms with Crippen molar-refractivity contribution in [1.29, 1.82) is 0 Å². The fourth-order valence-electron chi connectivity index (χ4n) is 2.53. The van der Waals surface area contributed by atoms with Gasteiger partial charge in [0.15, 0.2) is 0 Å². The Hall–Kier alpha value is -3.30. The molecular weight excluding hydrogens is 399 g/mol. The van der Waals surface area contributed by atoms with Crippen LogP contribution in [-0.4, -0.2) is 15.9 Å². The second-order valence-electron chi connectivity index (χ2n) is 6.06. The summed E-state index contributed by atoms with van der Waals surface area (Å²) in [5.74, 6) is -0.774. The zero-order valence-corrected chi connectivity index (χ0v) is 15.1. The third-order valence-corrected chi connectivity index (χ3v) is 3.84. The lowest BCUT2D eigenvalue weighted by Crippen LogP contribution is -2.05. The van der Waals surface area contributed by atoms with Crippen molar-refractivity contribution in [3.05, 3.63) is 53.3 Å². The molecule has 5 nitrogen and oxygen atoms in total. The predicted molar refractivity (Wildman–Crippen MR) is 92.1 cm³/mol. The Labute approximate surface area is 161 Å². The molecule has 0 saturated heterocycles. The number of aryl methyl sites for hydroxylation is 1. The van der Waals surface area contributed by atoms with Crippen LogP contribution in [0, 0.1) is 6.92 Å². The van der Waals surface area contributed by atoms with E-state index in [-0.39, 0.29) is 28.3 Å². The molecule has 2 aromatic heterocycles. The fraction of sp³-hybridized carbons (Fsp3) is 0.211. The number of rotatable bonds is 4. The number of aromatic nitrogens is 2. The Kier molecular flexibility index (Phi) is 5.36. The molecule has 0 amide bonds. The maximum atomic E-state index is 13.1. The van der Waals surface area contributed by atoms with Gasteiger partial charge in [-0.15, -0.1) is 0 Å². The number of carbonyl (C=O) groups excluding carboxylic acids is 1. The Morgan fingerprint density at radius 2 is 1.83 bits per heavy atom. The van der Waals surface area contributed by atoms with E-state index in [1.807, 2.05) is 0 Å². The molecular formula is C19H13F5N2O3. The molecule has 0 N–H and O–H groups in total. The molecule has 29 heavy (non-hydrogen) atoms. The van der Waals surface area contributed by atoms with Crippen molar-refractivity contribution in [3.8, 4) is 17.4 Å². The smallest absolute Gasteiger partial charge is 0.417 e. The third kappa shape index (κ3) is 4.58. The highest BCUT2D eigenvalue weighted by Gasteiger charge is 2.30. The van der Waals surface area contributed by atoms with Crippen molar-refractivity contribution in [2.24, 2.45) is 0 Å². The van der Waals surface area contributed by atoms with Crippen molar-refractivity contribution >= 4 is 16.9 Å². The second kappa shape index (κ2) is 7.61. The van der Waals surface area contributed by atoms with Crippen LogP contribution in [-0.2, 0) is 11.0 Å². The zero-order valence-electron chi connectivity index (χ0n) is 15.1. The molecule has 0 bridgehead atoms. The normalized spacial score (nSPS) is 11.7. The minimum atomic E-state index is -4.53. The highest BCUT2D eigenvalue weighted by atomic mass is 19.4. The summed E-state index contributed by atoms with van der Waals surface area (Å²) in [4.78, 5) is 18.8. The highest BCUT2D eigenvalue weighted by molar-refractivity contribution is 5.89. The van der Waals surface area contributed by atoms with E-state index < -0.39 is 29.8 Å². The average molecular weight is 412 g/mol. The molecule has 3 aromatic rings. The van der Waals surface area contributed by atoms with Gasteiger partial charge in [0.05, 0.1) is 11.1 Å². The van der Waals surface area contributed by atoms with E-state index in [1.54, 1.807) is 6.92 Å². The van der Waals surface area contributed by atoms with Gasteiger partial charge in [-0.3, -0.25) is 4.79 Å². The van der Waals surface area contributed by atoms with E-state index >= 15 is 0 Å². The van der Waals surface area contributed by atoms with Crippen molar-refractivity contribution in [2.45, 2.75) is 26.4 Å². The lowest BCUT2D eigenvalue weighted by atomic mass is 10.1. The molecule has 0 aliphatic carbocycles. The van der Waals surface area contributed by atoms with Crippen molar-refractivity contribution in [2.75, 3.05) is 0 Å². The molecule has 0 atom stereocenters. The SMILES string of the molecule is CC(=O)Oc1cc(C(F)F)nc2cc(C)c(Oc3ccc(C(F)(F)F)cn3)cc12. The highest BCUT2D eigenvalue weighted by Crippen LogP contribution is 2.36. The van der Waals surface area contributed by atoms with Crippen LogP contribution in [0.4, 0.5) is 22.0 Å². The fourth-order valence-corrected chi connectivity index (χ4v) is 2.53. The summed E-state index contributed by atoms with van der Waals surface area (Å²) in [6.45, 7) is 2.72. The summed E-state index contributed by atoms with van der Waals surface area (Å²) in [6.07, 6.45) is -6.77. The minimum Gasteiger partial charge on any atom is -0.439 e. The number of ether oxygens (including phenoxy) is 2. The predicted octanol–water partition coefficient (Wildman–Crippen LogP) is 5.61. The lowest BCUT2D eigenvalue weighted by Gasteiger charge is -2.13. The number of hydrogen-bond donors (Lipinski definition) is 0. The molecule has 0 saturated carbocycles. The molecule has 2 heterocycles. The molecule has 1 aromatic carbocycles. The van der Waals surface area contributed by atoms with E-state index in [0.717, 1.165) is 25.1 Å². The summed E-state index contributed by atoms with van der Waals surface area (Å²) in [5, 5.41) is 0.220. The van der Waals surface area contributed by atoms with E-state index in [0.29, 0.717) is 11.8 Å². The van der Waals surface area contributed by atoms with Gasteiger partial charge in [-0.2, -0.15) is 13.2 Å².